The molecule has 24 heavy (non-hydrogen) atoms. The molecule has 2 heterocycles. The molecule has 0 N–H and O–H groups in total. The second-order valence-corrected chi connectivity index (χ2v) is 6.08. The van der Waals surface area contributed by atoms with Crippen molar-refractivity contribution >= 4 is 17.2 Å². The Kier molecular flexibility index (Phi) is 4.61. The Bertz CT molecular complexity index is 990. The van der Waals surface area contributed by atoms with Gasteiger partial charge >= 0.3 is 0 Å². The fraction of sp³-hybridized carbons (Fsp3) is 0.167. The highest BCUT2D eigenvalue weighted by molar-refractivity contribution is 6.30. The standard InChI is InChI=1S/C18H15ClN4O/c1-22(10-14-4-2-3-13(7-14)9-20)12-16-8-18(24)23-11-15(19)5-6-17(23)21-16/h2-8,11H,10,12H2,1H3. The van der Waals surface area contributed by atoms with Crippen LogP contribution in [0.4, 0.5) is 0 Å². The highest BCUT2D eigenvalue weighted by Gasteiger charge is 2.07. The molecule has 0 aliphatic heterocycles. The maximum absolute atomic E-state index is 12.2. The molecule has 3 aromatic rings. The molecule has 0 saturated carbocycles. The number of hydrogen-bond acceptors (Lipinski definition) is 4. The van der Waals surface area contributed by atoms with E-state index in [1.165, 1.54) is 10.5 Å². The largest absolute Gasteiger partial charge is 0.296 e. The number of rotatable bonds is 4. The first-order valence-electron chi connectivity index (χ1n) is 7.40. The van der Waals surface area contributed by atoms with Crippen LogP contribution in [0.25, 0.3) is 5.65 Å². The third-order valence-electron chi connectivity index (χ3n) is 3.62. The lowest BCUT2D eigenvalue weighted by Crippen LogP contribution is -2.21. The smallest absolute Gasteiger partial charge is 0.258 e. The quantitative estimate of drug-likeness (QED) is 0.734. The van der Waals surface area contributed by atoms with E-state index < -0.39 is 0 Å². The molecule has 3 rings (SSSR count). The molecule has 0 atom stereocenters. The molecule has 1 aromatic carbocycles. The average molecular weight is 339 g/mol. The first-order valence-corrected chi connectivity index (χ1v) is 7.78. The highest BCUT2D eigenvalue weighted by Crippen LogP contribution is 2.11. The summed E-state index contributed by atoms with van der Waals surface area (Å²) in [5, 5.41) is 9.46. The summed E-state index contributed by atoms with van der Waals surface area (Å²) in [5.74, 6) is 0. The highest BCUT2D eigenvalue weighted by atomic mass is 35.5. The maximum Gasteiger partial charge on any atom is 0.258 e. The molecule has 0 aliphatic rings. The Morgan fingerprint density at radius 1 is 1.25 bits per heavy atom. The minimum absolute atomic E-state index is 0.155. The van der Waals surface area contributed by atoms with Crippen LogP contribution in [0, 0.1) is 11.3 Å². The summed E-state index contributed by atoms with van der Waals surface area (Å²) in [4.78, 5) is 18.7. The summed E-state index contributed by atoms with van der Waals surface area (Å²) in [6.07, 6.45) is 1.56. The predicted octanol–water partition coefficient (Wildman–Crippen LogP) is 2.85. The molecule has 0 unspecified atom stereocenters. The lowest BCUT2D eigenvalue weighted by Gasteiger charge is -2.16. The fourth-order valence-electron chi connectivity index (χ4n) is 2.59. The first-order chi connectivity index (χ1) is 11.5. The van der Waals surface area contributed by atoms with Gasteiger partial charge in [0.25, 0.3) is 5.56 Å². The van der Waals surface area contributed by atoms with E-state index in [1.54, 1.807) is 24.4 Å². The van der Waals surface area contributed by atoms with Crippen LogP contribution in [-0.4, -0.2) is 21.3 Å². The Morgan fingerprint density at radius 2 is 2.08 bits per heavy atom. The van der Waals surface area contributed by atoms with Gasteiger partial charge in [-0.15, -0.1) is 0 Å². The van der Waals surface area contributed by atoms with Gasteiger partial charge in [0.1, 0.15) is 5.65 Å². The summed E-state index contributed by atoms with van der Waals surface area (Å²) in [5.41, 5.74) is 2.79. The minimum Gasteiger partial charge on any atom is -0.296 e. The van der Waals surface area contributed by atoms with Gasteiger partial charge in [-0.25, -0.2) is 4.98 Å². The van der Waals surface area contributed by atoms with Crippen molar-refractivity contribution < 1.29 is 0 Å². The van der Waals surface area contributed by atoms with E-state index in [2.05, 4.69) is 11.1 Å². The lowest BCUT2D eigenvalue weighted by atomic mass is 10.1. The molecule has 0 fully saturated rings. The second-order valence-electron chi connectivity index (χ2n) is 5.65. The molecule has 6 heteroatoms. The summed E-state index contributed by atoms with van der Waals surface area (Å²) < 4.78 is 1.43. The molecule has 0 saturated heterocycles. The summed E-state index contributed by atoms with van der Waals surface area (Å²) in [7, 11) is 1.95. The normalized spacial score (nSPS) is 10.9. The molecular weight excluding hydrogens is 324 g/mol. The van der Waals surface area contributed by atoms with Crippen molar-refractivity contribution in [2.75, 3.05) is 7.05 Å². The van der Waals surface area contributed by atoms with E-state index in [0.717, 1.165) is 5.56 Å². The van der Waals surface area contributed by atoms with Crippen molar-refractivity contribution in [1.29, 1.82) is 5.26 Å². The van der Waals surface area contributed by atoms with Gasteiger partial charge in [0.15, 0.2) is 0 Å². The monoisotopic (exact) mass is 338 g/mol. The van der Waals surface area contributed by atoms with Crippen LogP contribution in [-0.2, 0) is 13.1 Å². The van der Waals surface area contributed by atoms with Gasteiger partial charge in [-0.1, -0.05) is 23.7 Å². The van der Waals surface area contributed by atoms with Crippen molar-refractivity contribution in [3.63, 3.8) is 0 Å². The van der Waals surface area contributed by atoms with Crippen LogP contribution in [0.5, 0.6) is 0 Å². The molecule has 120 valence electrons. The van der Waals surface area contributed by atoms with Gasteiger partial charge in [-0.2, -0.15) is 5.26 Å². The average Bonchev–Trinajstić information content (AvgIpc) is 2.55. The Labute approximate surface area is 144 Å². The SMILES string of the molecule is CN(Cc1cccc(C#N)c1)Cc1cc(=O)n2cc(Cl)ccc2n1. The molecule has 2 aromatic heterocycles. The van der Waals surface area contributed by atoms with Crippen LogP contribution in [0.2, 0.25) is 5.02 Å². The van der Waals surface area contributed by atoms with E-state index in [4.69, 9.17) is 16.9 Å². The number of pyridine rings is 1. The summed E-state index contributed by atoms with van der Waals surface area (Å²) >= 11 is 5.91. The summed E-state index contributed by atoms with van der Waals surface area (Å²) in [6, 6.07) is 14.6. The zero-order chi connectivity index (χ0) is 17.1. The molecule has 5 nitrogen and oxygen atoms in total. The molecule has 0 amide bonds. The maximum atomic E-state index is 12.2. The number of hydrogen-bond donors (Lipinski definition) is 0. The van der Waals surface area contributed by atoms with Gasteiger partial charge in [0.05, 0.1) is 22.3 Å². The molecule has 0 aliphatic carbocycles. The predicted molar refractivity (Wildman–Crippen MR) is 92.8 cm³/mol. The number of halogens is 1. The van der Waals surface area contributed by atoms with E-state index >= 15 is 0 Å². The van der Waals surface area contributed by atoms with Crippen molar-refractivity contribution in [2.24, 2.45) is 0 Å². The van der Waals surface area contributed by atoms with Crippen LogP contribution in [0.3, 0.4) is 0 Å². The van der Waals surface area contributed by atoms with E-state index in [0.29, 0.717) is 35.0 Å². The zero-order valence-corrected chi connectivity index (χ0v) is 13.9. The fourth-order valence-corrected chi connectivity index (χ4v) is 2.75. The Morgan fingerprint density at radius 3 is 2.88 bits per heavy atom. The number of aromatic nitrogens is 2. The van der Waals surface area contributed by atoms with Crippen LogP contribution >= 0.6 is 11.6 Å². The lowest BCUT2D eigenvalue weighted by molar-refractivity contribution is 0.315. The number of fused-ring (bicyclic) bond motifs is 1. The van der Waals surface area contributed by atoms with Gasteiger partial charge in [-0.05, 0) is 36.9 Å². The van der Waals surface area contributed by atoms with E-state index in [9.17, 15) is 4.79 Å². The third kappa shape index (κ3) is 3.62. The topological polar surface area (TPSA) is 61.4 Å². The van der Waals surface area contributed by atoms with Crippen LogP contribution in [0.1, 0.15) is 16.8 Å². The zero-order valence-electron chi connectivity index (χ0n) is 13.1. The number of nitrogens with zero attached hydrogens (tertiary/aromatic N) is 4. The van der Waals surface area contributed by atoms with E-state index in [-0.39, 0.29) is 5.56 Å². The van der Waals surface area contributed by atoms with Gasteiger partial charge in [0, 0.05) is 25.4 Å². The van der Waals surface area contributed by atoms with Gasteiger partial charge in [0.2, 0.25) is 0 Å². The molecule has 0 radical (unpaired) electrons. The van der Waals surface area contributed by atoms with Gasteiger partial charge < -0.3 is 0 Å². The minimum atomic E-state index is -0.155. The number of nitriles is 1. The van der Waals surface area contributed by atoms with Crippen molar-refractivity contribution in [3.8, 4) is 6.07 Å². The molecule has 0 bridgehead atoms. The molecular formula is C18H15ClN4O. The third-order valence-corrected chi connectivity index (χ3v) is 3.84. The second kappa shape index (κ2) is 6.83. The Balaban J connectivity index is 1.80. The Hall–Kier alpha value is -2.68. The molecule has 0 spiro atoms. The van der Waals surface area contributed by atoms with Gasteiger partial charge in [-0.3, -0.25) is 14.1 Å². The first kappa shape index (κ1) is 16.2. The van der Waals surface area contributed by atoms with E-state index in [1.807, 2.05) is 30.1 Å². The van der Waals surface area contributed by atoms with Crippen molar-refractivity contribution in [3.05, 3.63) is 80.9 Å². The summed E-state index contributed by atoms with van der Waals surface area (Å²) in [6.45, 7) is 1.20. The van der Waals surface area contributed by atoms with Crippen molar-refractivity contribution in [1.82, 2.24) is 14.3 Å². The number of benzene rings is 1. The van der Waals surface area contributed by atoms with Crippen LogP contribution < -0.4 is 5.56 Å². The van der Waals surface area contributed by atoms with Crippen LogP contribution in [0.15, 0.2) is 53.5 Å². The van der Waals surface area contributed by atoms with Crippen molar-refractivity contribution in [2.45, 2.75) is 13.1 Å².